The van der Waals surface area contributed by atoms with Crippen LogP contribution in [0.2, 0.25) is 8.87 Å². The van der Waals surface area contributed by atoms with Crippen molar-refractivity contribution in [3.63, 3.8) is 0 Å². The van der Waals surface area contributed by atoms with Crippen LogP contribution in [-0.4, -0.2) is 25.6 Å². The van der Waals surface area contributed by atoms with Crippen molar-refractivity contribution in [3.8, 4) is 0 Å². The van der Waals surface area contributed by atoms with Crippen LogP contribution in [0.3, 0.4) is 0 Å². The Balaban J connectivity index is 3.06. The zero-order valence-corrected chi connectivity index (χ0v) is 9.43. The number of rotatable bonds is 5. The van der Waals surface area contributed by atoms with Gasteiger partial charge >= 0.3 is 68.9 Å². The average Bonchev–Trinajstić information content (AvgIpc) is 1.85. The molecule has 54 valence electrons. The summed E-state index contributed by atoms with van der Waals surface area (Å²) in [5.41, 5.74) is 0. The molecular formula is C6H13ClOSn. The first kappa shape index (κ1) is 9.89. The van der Waals surface area contributed by atoms with Crippen molar-refractivity contribution in [3.05, 3.63) is 0 Å². The summed E-state index contributed by atoms with van der Waals surface area (Å²) in [6.07, 6.45) is 2.30. The predicted octanol–water partition coefficient (Wildman–Crippen LogP) is 2.45. The molecule has 0 saturated carbocycles. The molecule has 0 aliphatic rings. The molecule has 9 heavy (non-hydrogen) atoms. The Hall–Kier alpha value is 0.889. The molecule has 0 spiro atoms. The summed E-state index contributed by atoms with van der Waals surface area (Å²) < 4.78 is 12.8. The quantitative estimate of drug-likeness (QED) is 0.545. The number of halogens is 1. The van der Waals surface area contributed by atoms with Crippen LogP contribution in [0.1, 0.15) is 19.8 Å². The standard InChI is InChI=1S/C4H9.C2H4Cl.O.Sn/c1-3-4-2;1-2-3;;/h1,3-4H2,2H3;1-2H2;;. The maximum atomic E-state index is 11.0. The summed E-state index contributed by atoms with van der Waals surface area (Å²) in [6.45, 7) is 2.12. The number of hydrogen-bond acceptors (Lipinski definition) is 1. The molecule has 0 aromatic rings. The van der Waals surface area contributed by atoms with Crippen LogP contribution in [0.4, 0.5) is 0 Å². The van der Waals surface area contributed by atoms with E-state index in [4.69, 9.17) is 11.6 Å². The van der Waals surface area contributed by atoms with Crippen LogP contribution in [0.25, 0.3) is 0 Å². The summed E-state index contributed by atoms with van der Waals surface area (Å²) in [5, 5.41) is 0. The average molecular weight is 255 g/mol. The maximum absolute atomic E-state index is 11.0. The second-order valence-electron chi connectivity index (χ2n) is 2.08. The fourth-order valence-corrected chi connectivity index (χ4v) is 5.47. The van der Waals surface area contributed by atoms with Gasteiger partial charge < -0.3 is 0 Å². The summed E-state index contributed by atoms with van der Waals surface area (Å²) in [7, 11) is 0. The molecule has 0 fully saturated rings. The summed E-state index contributed by atoms with van der Waals surface area (Å²) in [5.74, 6) is 0.599. The van der Waals surface area contributed by atoms with E-state index in [0.29, 0.717) is 5.88 Å². The Kier molecular flexibility index (Phi) is 7.69. The van der Waals surface area contributed by atoms with Crippen LogP contribution in [-0.2, 0) is 3.08 Å². The van der Waals surface area contributed by atoms with Gasteiger partial charge in [-0.05, 0) is 0 Å². The van der Waals surface area contributed by atoms with Crippen LogP contribution < -0.4 is 0 Å². The van der Waals surface area contributed by atoms with E-state index in [1.807, 2.05) is 0 Å². The van der Waals surface area contributed by atoms with Crippen molar-refractivity contribution in [1.29, 1.82) is 0 Å². The van der Waals surface area contributed by atoms with Crippen molar-refractivity contribution in [2.45, 2.75) is 28.6 Å². The van der Waals surface area contributed by atoms with E-state index in [-0.39, 0.29) is 0 Å². The van der Waals surface area contributed by atoms with E-state index in [0.717, 1.165) is 21.7 Å². The van der Waals surface area contributed by atoms with E-state index in [1.54, 1.807) is 0 Å². The third kappa shape index (κ3) is 6.78. The first-order chi connectivity index (χ1) is 4.31. The van der Waals surface area contributed by atoms with Gasteiger partial charge in [0.2, 0.25) is 0 Å². The Bertz CT molecular complexity index is 85.1. The fourth-order valence-electron chi connectivity index (χ4n) is 0.604. The first-order valence-electron chi connectivity index (χ1n) is 3.39. The Labute approximate surface area is 68.9 Å². The molecule has 0 saturated heterocycles. The number of alkyl halides is 1. The molecule has 0 aliphatic heterocycles. The van der Waals surface area contributed by atoms with Crippen LogP contribution in [0.5, 0.6) is 0 Å². The van der Waals surface area contributed by atoms with Gasteiger partial charge in [0.25, 0.3) is 0 Å². The van der Waals surface area contributed by atoms with Gasteiger partial charge in [0.15, 0.2) is 0 Å². The van der Waals surface area contributed by atoms with Gasteiger partial charge in [-0.3, -0.25) is 0 Å². The van der Waals surface area contributed by atoms with E-state index in [2.05, 4.69) is 6.92 Å². The molecule has 0 N–H and O–H groups in total. The molecule has 0 bridgehead atoms. The van der Waals surface area contributed by atoms with Gasteiger partial charge in [-0.1, -0.05) is 0 Å². The Morgan fingerprint density at radius 1 is 1.44 bits per heavy atom. The number of hydrogen-bond donors (Lipinski definition) is 0. The minimum absolute atomic E-state index is 0.599. The summed E-state index contributed by atoms with van der Waals surface area (Å²) >= 11 is 3.33. The molecule has 0 rings (SSSR count). The van der Waals surface area contributed by atoms with Crippen molar-refractivity contribution >= 4 is 31.3 Å². The fraction of sp³-hybridized carbons (Fsp3) is 1.00. The second-order valence-corrected chi connectivity index (χ2v) is 8.39. The van der Waals surface area contributed by atoms with Crippen molar-refractivity contribution in [1.82, 2.24) is 0 Å². The van der Waals surface area contributed by atoms with Gasteiger partial charge in [-0.25, -0.2) is 0 Å². The SMILES string of the molecule is CCC[CH2][Sn](=[O])[CH2]CCl. The van der Waals surface area contributed by atoms with Crippen molar-refractivity contribution < 1.29 is 3.08 Å². The second kappa shape index (κ2) is 7.00. The van der Waals surface area contributed by atoms with Gasteiger partial charge in [0.1, 0.15) is 0 Å². The van der Waals surface area contributed by atoms with Gasteiger partial charge in [-0.15, -0.1) is 0 Å². The zero-order chi connectivity index (χ0) is 7.11. The third-order valence-corrected chi connectivity index (χ3v) is 7.18. The van der Waals surface area contributed by atoms with E-state index >= 15 is 0 Å². The third-order valence-electron chi connectivity index (χ3n) is 1.18. The normalized spacial score (nSPS) is 9.56. The summed E-state index contributed by atoms with van der Waals surface area (Å²) in [4.78, 5) is 0. The van der Waals surface area contributed by atoms with Crippen LogP contribution in [0.15, 0.2) is 0 Å². The van der Waals surface area contributed by atoms with E-state index in [1.165, 1.54) is 0 Å². The molecule has 3 heteroatoms. The molecule has 0 heterocycles. The molecule has 0 atom stereocenters. The minimum atomic E-state index is -2.10. The van der Waals surface area contributed by atoms with Crippen molar-refractivity contribution in [2.24, 2.45) is 0 Å². The molecule has 1 nitrogen and oxygen atoms in total. The molecule has 0 radical (unpaired) electrons. The first-order valence-corrected chi connectivity index (χ1v) is 9.12. The Morgan fingerprint density at radius 2 is 2.11 bits per heavy atom. The van der Waals surface area contributed by atoms with Gasteiger partial charge in [0.05, 0.1) is 0 Å². The molecule has 0 aliphatic carbocycles. The van der Waals surface area contributed by atoms with Crippen molar-refractivity contribution in [2.75, 3.05) is 5.88 Å². The molecule has 0 aromatic carbocycles. The van der Waals surface area contributed by atoms with E-state index in [9.17, 15) is 3.08 Å². The predicted molar refractivity (Wildman–Crippen MR) is 41.7 cm³/mol. The van der Waals surface area contributed by atoms with Crippen LogP contribution in [0, 0.1) is 0 Å². The number of unbranched alkanes of at least 4 members (excludes halogenated alkanes) is 1. The molecule has 0 amide bonds. The van der Waals surface area contributed by atoms with Gasteiger partial charge in [0, 0.05) is 0 Å². The molecule has 0 aromatic heterocycles. The monoisotopic (exact) mass is 256 g/mol. The summed E-state index contributed by atoms with van der Waals surface area (Å²) in [6, 6.07) is 0. The zero-order valence-electron chi connectivity index (χ0n) is 5.82. The van der Waals surface area contributed by atoms with Gasteiger partial charge in [-0.2, -0.15) is 0 Å². The molecular weight excluding hydrogens is 242 g/mol. The Morgan fingerprint density at radius 3 is 2.56 bits per heavy atom. The topological polar surface area (TPSA) is 17.1 Å². The molecule has 0 unspecified atom stereocenters. The van der Waals surface area contributed by atoms with Crippen LogP contribution >= 0.6 is 11.6 Å². The van der Waals surface area contributed by atoms with E-state index < -0.39 is 19.7 Å².